The quantitative estimate of drug-likeness (QED) is 0.609. The summed E-state index contributed by atoms with van der Waals surface area (Å²) in [6.07, 6.45) is 0. The Balaban J connectivity index is 2.04. The molecular weight excluding hydrogens is 338 g/mol. The second-order valence-corrected chi connectivity index (χ2v) is 5.61. The lowest BCUT2D eigenvalue weighted by molar-refractivity contribution is 0.483. The van der Waals surface area contributed by atoms with E-state index in [0.29, 0.717) is 16.5 Å². The number of hydrogen-bond donors (Lipinski definition) is 1. The van der Waals surface area contributed by atoms with Crippen LogP contribution in [0.25, 0.3) is 10.8 Å². The SMILES string of the molecule is Nc1cc(Cl)ccc1Oc1ccc2ccccc2c1Br. The Morgan fingerprint density at radius 3 is 2.50 bits per heavy atom. The van der Waals surface area contributed by atoms with Crippen molar-refractivity contribution in [2.75, 3.05) is 5.73 Å². The van der Waals surface area contributed by atoms with Crippen molar-refractivity contribution in [1.29, 1.82) is 0 Å². The largest absolute Gasteiger partial charge is 0.454 e. The van der Waals surface area contributed by atoms with Gasteiger partial charge in [0, 0.05) is 5.02 Å². The minimum atomic E-state index is 0.512. The molecule has 0 fully saturated rings. The highest BCUT2D eigenvalue weighted by molar-refractivity contribution is 9.10. The van der Waals surface area contributed by atoms with E-state index < -0.39 is 0 Å². The van der Waals surface area contributed by atoms with E-state index in [0.717, 1.165) is 21.0 Å². The van der Waals surface area contributed by atoms with Crippen LogP contribution in [0.4, 0.5) is 5.69 Å². The van der Waals surface area contributed by atoms with E-state index in [-0.39, 0.29) is 0 Å². The molecule has 0 aromatic heterocycles. The lowest BCUT2D eigenvalue weighted by atomic mass is 10.1. The average Bonchev–Trinajstić information content (AvgIpc) is 2.45. The summed E-state index contributed by atoms with van der Waals surface area (Å²) in [5.74, 6) is 1.31. The van der Waals surface area contributed by atoms with Crippen LogP contribution in [0.5, 0.6) is 11.5 Å². The summed E-state index contributed by atoms with van der Waals surface area (Å²) in [5.41, 5.74) is 6.42. The number of rotatable bonds is 2. The first kappa shape index (κ1) is 13.3. The van der Waals surface area contributed by atoms with Gasteiger partial charge in [-0.15, -0.1) is 0 Å². The molecule has 0 aliphatic heterocycles. The predicted octanol–water partition coefficient (Wildman–Crippen LogP) is 5.63. The van der Waals surface area contributed by atoms with Gasteiger partial charge in [-0.3, -0.25) is 0 Å². The molecule has 0 unspecified atom stereocenters. The highest BCUT2D eigenvalue weighted by Gasteiger charge is 2.09. The van der Waals surface area contributed by atoms with Crippen molar-refractivity contribution in [2.45, 2.75) is 0 Å². The average molecular weight is 349 g/mol. The zero-order valence-electron chi connectivity index (χ0n) is 10.4. The Morgan fingerprint density at radius 1 is 0.950 bits per heavy atom. The summed E-state index contributed by atoms with van der Waals surface area (Å²) < 4.78 is 6.78. The van der Waals surface area contributed by atoms with Crippen LogP contribution in [0.3, 0.4) is 0 Å². The first-order chi connectivity index (χ1) is 9.65. The van der Waals surface area contributed by atoms with Gasteiger partial charge in [-0.05, 0) is 51.0 Å². The molecular formula is C16H11BrClNO. The van der Waals surface area contributed by atoms with Gasteiger partial charge in [0.15, 0.2) is 0 Å². The monoisotopic (exact) mass is 347 g/mol. The minimum absolute atomic E-state index is 0.512. The van der Waals surface area contributed by atoms with Gasteiger partial charge in [-0.1, -0.05) is 41.9 Å². The van der Waals surface area contributed by atoms with Crippen molar-refractivity contribution in [3.05, 3.63) is 64.1 Å². The van der Waals surface area contributed by atoms with E-state index in [2.05, 4.69) is 22.0 Å². The molecule has 0 aliphatic rings. The van der Waals surface area contributed by atoms with Crippen molar-refractivity contribution in [2.24, 2.45) is 0 Å². The van der Waals surface area contributed by atoms with Gasteiger partial charge >= 0.3 is 0 Å². The maximum absolute atomic E-state index is 5.91. The Hall–Kier alpha value is -1.71. The van der Waals surface area contributed by atoms with Crippen LogP contribution in [-0.4, -0.2) is 0 Å². The summed E-state index contributed by atoms with van der Waals surface area (Å²) in [4.78, 5) is 0. The summed E-state index contributed by atoms with van der Waals surface area (Å²) in [6.45, 7) is 0. The molecule has 0 amide bonds. The third-order valence-corrected chi connectivity index (χ3v) is 4.07. The highest BCUT2D eigenvalue weighted by Crippen LogP contribution is 2.37. The summed E-state index contributed by atoms with van der Waals surface area (Å²) in [6, 6.07) is 17.2. The van der Waals surface area contributed by atoms with Gasteiger partial charge < -0.3 is 10.5 Å². The number of nitrogens with two attached hydrogens (primary N) is 1. The summed E-state index contributed by atoms with van der Waals surface area (Å²) >= 11 is 9.47. The van der Waals surface area contributed by atoms with E-state index in [4.69, 9.17) is 22.1 Å². The molecule has 0 aliphatic carbocycles. The maximum Gasteiger partial charge on any atom is 0.150 e. The van der Waals surface area contributed by atoms with Crippen LogP contribution in [0.15, 0.2) is 59.1 Å². The molecule has 0 radical (unpaired) electrons. The van der Waals surface area contributed by atoms with Crippen LogP contribution < -0.4 is 10.5 Å². The van der Waals surface area contributed by atoms with Gasteiger partial charge in [-0.2, -0.15) is 0 Å². The smallest absolute Gasteiger partial charge is 0.150 e. The van der Waals surface area contributed by atoms with E-state index in [1.165, 1.54) is 0 Å². The normalized spacial score (nSPS) is 10.7. The lowest BCUT2D eigenvalue weighted by Gasteiger charge is -2.12. The Labute approximate surface area is 130 Å². The molecule has 0 saturated heterocycles. The van der Waals surface area contributed by atoms with E-state index in [1.807, 2.05) is 30.3 Å². The molecule has 0 spiro atoms. The summed E-state index contributed by atoms with van der Waals surface area (Å²) in [7, 11) is 0. The van der Waals surface area contributed by atoms with Crippen molar-refractivity contribution < 1.29 is 4.74 Å². The number of hydrogen-bond acceptors (Lipinski definition) is 2. The van der Waals surface area contributed by atoms with Gasteiger partial charge in [0.25, 0.3) is 0 Å². The van der Waals surface area contributed by atoms with E-state index >= 15 is 0 Å². The molecule has 2 nitrogen and oxygen atoms in total. The van der Waals surface area contributed by atoms with Gasteiger partial charge in [0.2, 0.25) is 0 Å². The Morgan fingerprint density at radius 2 is 1.70 bits per heavy atom. The number of anilines is 1. The lowest BCUT2D eigenvalue weighted by Crippen LogP contribution is -1.92. The van der Waals surface area contributed by atoms with Crippen molar-refractivity contribution >= 4 is 44.0 Å². The summed E-state index contributed by atoms with van der Waals surface area (Å²) in [5, 5.41) is 2.83. The second kappa shape index (κ2) is 5.35. The van der Waals surface area contributed by atoms with E-state index in [9.17, 15) is 0 Å². The molecule has 20 heavy (non-hydrogen) atoms. The van der Waals surface area contributed by atoms with Crippen LogP contribution in [0, 0.1) is 0 Å². The van der Waals surface area contributed by atoms with Crippen LogP contribution in [0.1, 0.15) is 0 Å². The van der Waals surface area contributed by atoms with Crippen molar-refractivity contribution in [3.63, 3.8) is 0 Å². The fourth-order valence-corrected chi connectivity index (χ4v) is 2.78. The number of halogens is 2. The number of nitrogen functional groups attached to an aromatic ring is 1. The van der Waals surface area contributed by atoms with Crippen LogP contribution >= 0.6 is 27.5 Å². The number of ether oxygens (including phenoxy) is 1. The topological polar surface area (TPSA) is 35.2 Å². The first-order valence-electron chi connectivity index (χ1n) is 6.05. The number of fused-ring (bicyclic) bond motifs is 1. The third kappa shape index (κ3) is 2.47. The van der Waals surface area contributed by atoms with Crippen molar-refractivity contribution in [1.82, 2.24) is 0 Å². The second-order valence-electron chi connectivity index (χ2n) is 4.38. The predicted molar refractivity (Wildman–Crippen MR) is 87.6 cm³/mol. The zero-order chi connectivity index (χ0) is 14.1. The molecule has 3 aromatic rings. The fourth-order valence-electron chi connectivity index (χ4n) is 2.02. The Bertz CT molecular complexity index is 789. The molecule has 0 bridgehead atoms. The first-order valence-corrected chi connectivity index (χ1v) is 7.22. The standard InChI is InChI=1S/C16H11BrClNO/c17-16-12-4-2-1-3-10(12)5-7-15(16)20-14-8-6-11(18)9-13(14)19/h1-9H,19H2. The Kier molecular flexibility index (Phi) is 3.55. The number of benzene rings is 3. The molecule has 100 valence electrons. The van der Waals surface area contributed by atoms with E-state index in [1.54, 1.807) is 18.2 Å². The molecule has 2 N–H and O–H groups in total. The molecule has 0 saturated carbocycles. The van der Waals surface area contributed by atoms with Crippen LogP contribution in [-0.2, 0) is 0 Å². The van der Waals surface area contributed by atoms with Crippen molar-refractivity contribution in [3.8, 4) is 11.5 Å². The zero-order valence-corrected chi connectivity index (χ0v) is 12.8. The molecule has 3 aromatic carbocycles. The highest BCUT2D eigenvalue weighted by atomic mass is 79.9. The molecule has 0 atom stereocenters. The third-order valence-electron chi connectivity index (χ3n) is 3.02. The fraction of sp³-hybridized carbons (Fsp3) is 0. The van der Waals surface area contributed by atoms with Gasteiger partial charge in [0.1, 0.15) is 11.5 Å². The maximum atomic E-state index is 5.91. The van der Waals surface area contributed by atoms with Crippen LogP contribution in [0.2, 0.25) is 5.02 Å². The minimum Gasteiger partial charge on any atom is -0.454 e. The van der Waals surface area contributed by atoms with Gasteiger partial charge in [0.05, 0.1) is 10.2 Å². The molecule has 0 heterocycles. The van der Waals surface area contributed by atoms with Gasteiger partial charge in [-0.25, -0.2) is 0 Å². The molecule has 3 rings (SSSR count). The molecule has 4 heteroatoms.